The molecule has 7 heteroatoms. The van der Waals surface area contributed by atoms with Crippen LogP contribution < -0.4 is 0 Å². The van der Waals surface area contributed by atoms with Gasteiger partial charge in [-0.2, -0.15) is 0 Å². The van der Waals surface area contributed by atoms with Crippen molar-refractivity contribution in [3.8, 4) is 0 Å². The molecule has 0 N–H and O–H groups in total. The smallest absolute Gasteiger partial charge is 0.280 e. The Morgan fingerprint density at radius 3 is 2.47 bits per heavy atom. The van der Waals surface area contributed by atoms with Gasteiger partial charge in [-0.05, 0) is 17.7 Å². The maximum Gasteiger partial charge on any atom is 0.280 e. The fraction of sp³-hybridized carbons (Fsp3) is 0.250. The Balaban J connectivity index is 2.34. The number of halogens is 2. The Morgan fingerprint density at radius 1 is 1.32 bits per heavy atom. The van der Waals surface area contributed by atoms with Crippen LogP contribution in [0.2, 0.25) is 0 Å². The normalized spacial score (nSPS) is 11.7. The number of imidazole rings is 1. The average molecular weight is 303 g/mol. The third kappa shape index (κ3) is 3.33. The fourth-order valence-electron chi connectivity index (χ4n) is 1.75. The summed E-state index contributed by atoms with van der Waals surface area (Å²) in [5, 5.41) is -0.159. The molecule has 0 saturated heterocycles. The van der Waals surface area contributed by atoms with Crippen molar-refractivity contribution >= 4 is 19.7 Å². The molecule has 0 radical (unpaired) electrons. The average Bonchev–Trinajstić information content (AvgIpc) is 2.75. The first-order chi connectivity index (χ1) is 8.90. The van der Waals surface area contributed by atoms with Crippen molar-refractivity contribution in [1.82, 2.24) is 9.55 Å². The summed E-state index contributed by atoms with van der Waals surface area (Å²) in [6.07, 6.45) is 1.97. The standard InChI is InChI=1S/C12H12ClFN2O2S/c1-2-11-15-12(19(13,17)18)8-16(11)7-9-3-5-10(14)6-4-9/h3-6,8H,2,7H2,1H3. The molecule has 1 heterocycles. The molecule has 19 heavy (non-hydrogen) atoms. The van der Waals surface area contributed by atoms with Crippen LogP contribution in [0.3, 0.4) is 0 Å². The Morgan fingerprint density at radius 2 is 1.95 bits per heavy atom. The zero-order valence-electron chi connectivity index (χ0n) is 10.2. The summed E-state index contributed by atoms with van der Waals surface area (Å²) in [6, 6.07) is 6.00. The third-order valence-electron chi connectivity index (χ3n) is 2.67. The predicted molar refractivity (Wildman–Crippen MR) is 70.1 cm³/mol. The summed E-state index contributed by atoms with van der Waals surface area (Å²) >= 11 is 0. The highest BCUT2D eigenvalue weighted by atomic mass is 35.7. The molecule has 1 aromatic carbocycles. The van der Waals surface area contributed by atoms with Crippen LogP contribution >= 0.6 is 10.7 Å². The van der Waals surface area contributed by atoms with Gasteiger partial charge < -0.3 is 4.57 Å². The van der Waals surface area contributed by atoms with Gasteiger partial charge in [0, 0.05) is 29.8 Å². The van der Waals surface area contributed by atoms with Crippen LogP contribution in [0, 0.1) is 5.82 Å². The molecule has 0 aliphatic rings. The van der Waals surface area contributed by atoms with Gasteiger partial charge in [-0.25, -0.2) is 17.8 Å². The maximum atomic E-state index is 12.8. The topological polar surface area (TPSA) is 52.0 Å². The van der Waals surface area contributed by atoms with Gasteiger partial charge in [0.05, 0.1) is 0 Å². The van der Waals surface area contributed by atoms with E-state index in [2.05, 4.69) is 4.98 Å². The molecule has 0 atom stereocenters. The quantitative estimate of drug-likeness (QED) is 0.816. The lowest BCUT2D eigenvalue weighted by molar-refractivity contribution is 0.606. The minimum Gasteiger partial charge on any atom is -0.329 e. The van der Waals surface area contributed by atoms with Crippen LogP contribution in [0.5, 0.6) is 0 Å². The van der Waals surface area contributed by atoms with Crippen molar-refractivity contribution in [3.63, 3.8) is 0 Å². The van der Waals surface area contributed by atoms with Gasteiger partial charge in [-0.3, -0.25) is 0 Å². The van der Waals surface area contributed by atoms with E-state index in [-0.39, 0.29) is 10.8 Å². The van der Waals surface area contributed by atoms with Crippen LogP contribution in [0.15, 0.2) is 35.5 Å². The number of rotatable bonds is 4. The van der Waals surface area contributed by atoms with Crippen molar-refractivity contribution in [2.45, 2.75) is 24.9 Å². The number of benzene rings is 1. The van der Waals surface area contributed by atoms with Crippen LogP contribution in [-0.2, 0) is 22.0 Å². The SMILES string of the molecule is CCc1nc(S(=O)(=O)Cl)cn1Cc1ccc(F)cc1. The first kappa shape index (κ1) is 14.0. The van der Waals surface area contributed by atoms with Crippen LogP contribution in [0.1, 0.15) is 18.3 Å². The number of hydrogen-bond acceptors (Lipinski definition) is 3. The van der Waals surface area contributed by atoms with Crippen LogP contribution in [-0.4, -0.2) is 18.0 Å². The first-order valence-electron chi connectivity index (χ1n) is 5.65. The third-order valence-corrected chi connectivity index (χ3v) is 3.84. The monoisotopic (exact) mass is 302 g/mol. The molecule has 2 aromatic rings. The second-order valence-electron chi connectivity index (χ2n) is 4.04. The molecule has 102 valence electrons. The fourth-order valence-corrected chi connectivity index (χ4v) is 2.44. The lowest BCUT2D eigenvalue weighted by Gasteiger charge is -2.05. The van der Waals surface area contributed by atoms with Crippen LogP contribution in [0.4, 0.5) is 4.39 Å². The second kappa shape index (κ2) is 5.30. The molecular weight excluding hydrogens is 291 g/mol. The molecule has 0 saturated carbocycles. The zero-order chi connectivity index (χ0) is 14.0. The summed E-state index contributed by atoms with van der Waals surface area (Å²) in [7, 11) is 1.44. The summed E-state index contributed by atoms with van der Waals surface area (Å²) < 4.78 is 37.0. The summed E-state index contributed by atoms with van der Waals surface area (Å²) in [5.74, 6) is 0.303. The lowest BCUT2D eigenvalue weighted by atomic mass is 10.2. The molecule has 1 aromatic heterocycles. The second-order valence-corrected chi connectivity index (χ2v) is 6.55. The number of aryl methyl sites for hydroxylation is 1. The van der Waals surface area contributed by atoms with E-state index < -0.39 is 9.05 Å². The van der Waals surface area contributed by atoms with Crippen molar-refractivity contribution in [3.05, 3.63) is 47.7 Å². The predicted octanol–water partition coefficient (Wildman–Crippen LogP) is 2.56. The van der Waals surface area contributed by atoms with Gasteiger partial charge in [0.15, 0.2) is 5.03 Å². The van der Waals surface area contributed by atoms with Gasteiger partial charge in [0.25, 0.3) is 9.05 Å². The molecule has 2 rings (SSSR count). The van der Waals surface area contributed by atoms with Crippen molar-refractivity contribution in [2.75, 3.05) is 0 Å². The Bertz CT molecular complexity index is 680. The Hall–Kier alpha value is -1.40. The molecule has 0 unspecified atom stereocenters. The summed E-state index contributed by atoms with van der Waals surface area (Å²) in [6.45, 7) is 2.29. The molecule has 0 amide bonds. The van der Waals surface area contributed by atoms with E-state index in [4.69, 9.17) is 10.7 Å². The van der Waals surface area contributed by atoms with Gasteiger partial charge >= 0.3 is 0 Å². The van der Waals surface area contributed by atoms with E-state index in [0.717, 1.165) is 5.56 Å². The largest absolute Gasteiger partial charge is 0.329 e. The van der Waals surface area contributed by atoms with E-state index in [1.165, 1.54) is 18.3 Å². The molecule has 0 bridgehead atoms. The minimum absolute atomic E-state index is 0.159. The Labute approximate surface area is 115 Å². The van der Waals surface area contributed by atoms with Crippen molar-refractivity contribution in [2.24, 2.45) is 0 Å². The van der Waals surface area contributed by atoms with Crippen molar-refractivity contribution < 1.29 is 12.8 Å². The van der Waals surface area contributed by atoms with E-state index in [1.54, 1.807) is 16.7 Å². The molecule has 0 fully saturated rings. The summed E-state index contributed by atoms with van der Waals surface area (Å²) in [5.41, 5.74) is 0.854. The molecule has 0 spiro atoms. The van der Waals surface area contributed by atoms with Crippen molar-refractivity contribution in [1.29, 1.82) is 0 Å². The zero-order valence-corrected chi connectivity index (χ0v) is 11.7. The van der Waals surface area contributed by atoms with E-state index in [9.17, 15) is 12.8 Å². The van der Waals surface area contributed by atoms with Gasteiger partial charge in [0.1, 0.15) is 11.6 Å². The van der Waals surface area contributed by atoms with E-state index >= 15 is 0 Å². The highest BCUT2D eigenvalue weighted by Crippen LogP contribution is 2.16. The summed E-state index contributed by atoms with van der Waals surface area (Å²) in [4.78, 5) is 3.98. The highest BCUT2D eigenvalue weighted by Gasteiger charge is 2.17. The molecular formula is C12H12ClFN2O2S. The number of hydrogen-bond donors (Lipinski definition) is 0. The number of aromatic nitrogens is 2. The molecule has 4 nitrogen and oxygen atoms in total. The maximum absolute atomic E-state index is 12.8. The van der Waals surface area contributed by atoms with E-state index in [0.29, 0.717) is 18.8 Å². The molecule has 0 aliphatic carbocycles. The minimum atomic E-state index is -3.83. The van der Waals surface area contributed by atoms with Gasteiger partial charge in [0.2, 0.25) is 0 Å². The highest BCUT2D eigenvalue weighted by molar-refractivity contribution is 8.13. The van der Waals surface area contributed by atoms with Gasteiger partial charge in [-0.1, -0.05) is 19.1 Å². The van der Waals surface area contributed by atoms with Crippen LogP contribution in [0.25, 0.3) is 0 Å². The lowest BCUT2D eigenvalue weighted by Crippen LogP contribution is -2.03. The first-order valence-corrected chi connectivity index (χ1v) is 7.96. The van der Waals surface area contributed by atoms with E-state index in [1.807, 2.05) is 6.92 Å². The Kier molecular flexibility index (Phi) is 3.91. The number of nitrogens with zero attached hydrogens (tertiary/aromatic N) is 2. The van der Waals surface area contributed by atoms with Gasteiger partial charge in [-0.15, -0.1) is 0 Å². The molecule has 0 aliphatic heterocycles.